The van der Waals surface area contributed by atoms with Gasteiger partial charge in [0.05, 0.1) is 37.1 Å². The van der Waals surface area contributed by atoms with E-state index in [0.29, 0.717) is 12.1 Å². The third-order valence-corrected chi connectivity index (χ3v) is 8.71. The number of amides is 1. The number of nitrogens with one attached hydrogen (secondary N) is 1. The van der Waals surface area contributed by atoms with Gasteiger partial charge in [0, 0.05) is 54.7 Å². The summed E-state index contributed by atoms with van der Waals surface area (Å²) in [6.07, 6.45) is 8.64. The first-order valence-electron chi connectivity index (χ1n) is 14.5. The Hall–Kier alpha value is -2.94. The van der Waals surface area contributed by atoms with E-state index in [1.807, 2.05) is 47.4 Å². The number of hydrogen-bond acceptors (Lipinski definition) is 6. The van der Waals surface area contributed by atoms with E-state index in [1.54, 1.807) is 6.20 Å². The molecule has 1 saturated carbocycles. The summed E-state index contributed by atoms with van der Waals surface area (Å²) in [6.45, 7) is 8.20. The SMILES string of the molecule is C[C@@H]1CC(Oc2ccc(N(CC3(N4CCOCC4)CCCC3)C(=O)c3ccc4[nH]ncc4c3)cc2)C[C@H](C)O1. The number of anilines is 1. The van der Waals surface area contributed by atoms with Crippen molar-refractivity contribution in [2.24, 2.45) is 0 Å². The van der Waals surface area contributed by atoms with Crippen LogP contribution in [-0.2, 0) is 9.47 Å². The van der Waals surface area contributed by atoms with E-state index in [1.165, 1.54) is 12.8 Å². The van der Waals surface area contributed by atoms with Gasteiger partial charge in [0.15, 0.2) is 0 Å². The van der Waals surface area contributed by atoms with E-state index in [0.717, 1.165) is 74.3 Å². The molecule has 0 spiro atoms. The van der Waals surface area contributed by atoms with Gasteiger partial charge in [0.25, 0.3) is 5.91 Å². The summed E-state index contributed by atoms with van der Waals surface area (Å²) in [4.78, 5) is 18.8. The average molecular weight is 533 g/mol. The number of morpholine rings is 1. The van der Waals surface area contributed by atoms with Gasteiger partial charge >= 0.3 is 0 Å². The monoisotopic (exact) mass is 532 g/mol. The summed E-state index contributed by atoms with van der Waals surface area (Å²) in [5, 5.41) is 8.06. The van der Waals surface area contributed by atoms with Gasteiger partial charge in [-0.25, -0.2) is 0 Å². The zero-order chi connectivity index (χ0) is 26.8. The zero-order valence-corrected chi connectivity index (χ0v) is 23.1. The zero-order valence-electron chi connectivity index (χ0n) is 23.1. The predicted molar refractivity (Wildman–Crippen MR) is 151 cm³/mol. The second-order valence-corrected chi connectivity index (χ2v) is 11.6. The van der Waals surface area contributed by atoms with Crippen molar-refractivity contribution in [2.75, 3.05) is 37.7 Å². The summed E-state index contributed by atoms with van der Waals surface area (Å²) >= 11 is 0. The van der Waals surface area contributed by atoms with Crippen LogP contribution in [0.4, 0.5) is 5.69 Å². The fourth-order valence-corrected chi connectivity index (χ4v) is 6.79. The Balaban J connectivity index is 1.29. The number of hydrogen-bond donors (Lipinski definition) is 1. The maximum Gasteiger partial charge on any atom is 0.258 e. The molecule has 3 fully saturated rings. The molecule has 0 bridgehead atoms. The maximum atomic E-state index is 14.2. The molecule has 1 unspecified atom stereocenters. The molecule has 1 aromatic heterocycles. The molecule has 2 aliphatic heterocycles. The van der Waals surface area contributed by atoms with Crippen LogP contribution in [0.2, 0.25) is 0 Å². The summed E-state index contributed by atoms with van der Waals surface area (Å²) in [6, 6.07) is 13.9. The Morgan fingerprint density at radius 2 is 1.79 bits per heavy atom. The van der Waals surface area contributed by atoms with Gasteiger partial charge in [-0.3, -0.25) is 14.8 Å². The molecular formula is C31H40N4O4. The normalized spacial score (nSPS) is 25.5. The average Bonchev–Trinajstić information content (AvgIpc) is 3.62. The van der Waals surface area contributed by atoms with Crippen LogP contribution in [0.25, 0.3) is 10.9 Å². The number of fused-ring (bicyclic) bond motifs is 1. The van der Waals surface area contributed by atoms with Gasteiger partial charge in [-0.05, 0) is 69.2 Å². The van der Waals surface area contributed by atoms with Crippen molar-refractivity contribution in [3.05, 3.63) is 54.2 Å². The lowest BCUT2D eigenvalue weighted by molar-refractivity contribution is -0.0721. The number of nitrogens with zero attached hydrogens (tertiary/aromatic N) is 3. The number of benzene rings is 2. The second kappa shape index (κ2) is 11.3. The van der Waals surface area contributed by atoms with Gasteiger partial charge in [0.2, 0.25) is 0 Å². The Labute approximate surface area is 230 Å². The molecule has 2 saturated heterocycles. The predicted octanol–water partition coefficient (Wildman–Crippen LogP) is 5.19. The first kappa shape index (κ1) is 26.3. The van der Waals surface area contributed by atoms with Gasteiger partial charge in [-0.1, -0.05) is 12.8 Å². The minimum Gasteiger partial charge on any atom is -0.490 e. The van der Waals surface area contributed by atoms with Crippen molar-refractivity contribution in [2.45, 2.75) is 76.2 Å². The number of H-pyrrole nitrogens is 1. The third-order valence-electron chi connectivity index (χ3n) is 8.71. The van der Waals surface area contributed by atoms with Crippen molar-refractivity contribution in [3.8, 4) is 5.75 Å². The lowest BCUT2D eigenvalue weighted by Gasteiger charge is -2.46. The van der Waals surface area contributed by atoms with E-state index in [9.17, 15) is 4.79 Å². The number of aromatic amines is 1. The van der Waals surface area contributed by atoms with Crippen molar-refractivity contribution in [3.63, 3.8) is 0 Å². The highest BCUT2D eigenvalue weighted by Crippen LogP contribution is 2.38. The molecule has 208 valence electrons. The second-order valence-electron chi connectivity index (χ2n) is 11.6. The van der Waals surface area contributed by atoms with Crippen LogP contribution in [-0.4, -0.2) is 77.7 Å². The van der Waals surface area contributed by atoms with Gasteiger partial charge in [0.1, 0.15) is 11.9 Å². The number of carbonyl (C=O) groups excluding carboxylic acids is 1. The number of rotatable bonds is 7. The Morgan fingerprint density at radius 1 is 1.08 bits per heavy atom. The molecule has 3 aromatic rings. The van der Waals surface area contributed by atoms with Crippen LogP contribution < -0.4 is 9.64 Å². The quantitative estimate of drug-likeness (QED) is 0.451. The fraction of sp³-hybridized carbons (Fsp3) is 0.548. The molecular weight excluding hydrogens is 492 g/mol. The first-order valence-corrected chi connectivity index (χ1v) is 14.5. The van der Waals surface area contributed by atoms with Gasteiger partial charge in [-0.15, -0.1) is 0 Å². The van der Waals surface area contributed by atoms with Crippen LogP contribution in [0.3, 0.4) is 0 Å². The Bertz CT molecular complexity index is 1250. The largest absolute Gasteiger partial charge is 0.490 e. The van der Waals surface area contributed by atoms with E-state index < -0.39 is 0 Å². The van der Waals surface area contributed by atoms with Crippen LogP contribution in [0.15, 0.2) is 48.7 Å². The summed E-state index contributed by atoms with van der Waals surface area (Å²) < 4.78 is 17.9. The van der Waals surface area contributed by atoms with Crippen molar-refractivity contribution in [1.82, 2.24) is 15.1 Å². The molecule has 1 N–H and O–H groups in total. The van der Waals surface area contributed by atoms with Crippen LogP contribution in [0.5, 0.6) is 5.75 Å². The van der Waals surface area contributed by atoms with Crippen LogP contribution in [0.1, 0.15) is 62.7 Å². The molecule has 39 heavy (non-hydrogen) atoms. The molecule has 3 atom stereocenters. The number of aromatic nitrogens is 2. The van der Waals surface area contributed by atoms with E-state index >= 15 is 0 Å². The molecule has 8 nitrogen and oxygen atoms in total. The molecule has 3 heterocycles. The van der Waals surface area contributed by atoms with Crippen molar-refractivity contribution >= 4 is 22.5 Å². The van der Waals surface area contributed by atoms with Gasteiger partial charge in [-0.2, -0.15) is 5.10 Å². The van der Waals surface area contributed by atoms with E-state index in [-0.39, 0.29) is 29.8 Å². The van der Waals surface area contributed by atoms with Crippen LogP contribution in [0, 0.1) is 0 Å². The molecule has 3 aliphatic rings. The molecule has 0 radical (unpaired) electrons. The number of ether oxygens (including phenoxy) is 3. The minimum absolute atomic E-state index is 0.0124. The highest BCUT2D eigenvalue weighted by Gasteiger charge is 2.43. The lowest BCUT2D eigenvalue weighted by atomic mass is 9.92. The van der Waals surface area contributed by atoms with Crippen molar-refractivity contribution in [1.29, 1.82) is 0 Å². The molecule has 6 rings (SSSR count). The molecule has 1 amide bonds. The summed E-state index contributed by atoms with van der Waals surface area (Å²) in [7, 11) is 0. The highest BCUT2D eigenvalue weighted by atomic mass is 16.5. The molecule has 1 aliphatic carbocycles. The topological polar surface area (TPSA) is 79.9 Å². The minimum atomic E-state index is -0.0390. The van der Waals surface area contributed by atoms with E-state index in [2.05, 4.69) is 28.9 Å². The van der Waals surface area contributed by atoms with Gasteiger partial charge < -0.3 is 19.1 Å². The standard InChI is InChI=1S/C31H40N4O4/c1-22-17-28(18-23(2)38-22)39-27-8-6-26(7-9-27)35(30(36)24-5-10-29-25(19-24)20-32-33-29)21-31(11-3-4-12-31)34-13-15-37-16-14-34/h5-10,19-20,22-23,28H,3-4,11-18,21H2,1-2H3,(H,32,33)/t22-,23+,28?. The number of carbonyl (C=O) groups is 1. The smallest absolute Gasteiger partial charge is 0.258 e. The molecule has 2 aromatic carbocycles. The lowest BCUT2D eigenvalue weighted by Crippen LogP contribution is -2.58. The summed E-state index contributed by atoms with van der Waals surface area (Å²) in [5.74, 6) is 0.847. The van der Waals surface area contributed by atoms with Crippen molar-refractivity contribution < 1.29 is 19.0 Å². The summed E-state index contributed by atoms with van der Waals surface area (Å²) in [5.41, 5.74) is 2.46. The van der Waals surface area contributed by atoms with Crippen LogP contribution >= 0.6 is 0 Å². The molecule has 8 heteroatoms. The Morgan fingerprint density at radius 3 is 2.51 bits per heavy atom. The highest BCUT2D eigenvalue weighted by molar-refractivity contribution is 6.08. The van der Waals surface area contributed by atoms with E-state index in [4.69, 9.17) is 14.2 Å². The first-order chi connectivity index (χ1) is 19.0. The maximum absolute atomic E-state index is 14.2. The fourth-order valence-electron chi connectivity index (χ4n) is 6.79. The Kier molecular flexibility index (Phi) is 7.60. The third kappa shape index (κ3) is 5.69.